The highest BCUT2D eigenvalue weighted by atomic mass is 35.5. The average Bonchev–Trinajstić information content (AvgIpc) is 2.48. The number of thioether (sulfide) groups is 1. The third-order valence-electron chi connectivity index (χ3n) is 3.41. The van der Waals surface area contributed by atoms with Crippen molar-refractivity contribution in [3.63, 3.8) is 0 Å². The molecular formula is C16H15ClN2O2S. The van der Waals surface area contributed by atoms with Crippen molar-refractivity contribution in [3.8, 4) is 0 Å². The first-order valence-electron chi connectivity index (χ1n) is 6.44. The van der Waals surface area contributed by atoms with Crippen LogP contribution < -0.4 is 11.5 Å². The summed E-state index contributed by atoms with van der Waals surface area (Å²) in [5.74, 6) is -1.21. The van der Waals surface area contributed by atoms with Crippen molar-refractivity contribution < 1.29 is 9.59 Å². The average molecular weight is 335 g/mol. The van der Waals surface area contributed by atoms with Gasteiger partial charge in [-0.2, -0.15) is 0 Å². The molecule has 0 spiro atoms. The topological polar surface area (TPSA) is 86.2 Å². The van der Waals surface area contributed by atoms with Gasteiger partial charge in [-0.1, -0.05) is 35.9 Å². The molecule has 0 aliphatic carbocycles. The van der Waals surface area contributed by atoms with E-state index < -0.39 is 16.4 Å². The maximum atomic E-state index is 13.0. The van der Waals surface area contributed by atoms with Crippen LogP contribution in [0.4, 0.5) is 5.69 Å². The van der Waals surface area contributed by atoms with Crippen LogP contribution in [0.15, 0.2) is 48.5 Å². The molecule has 4 nitrogen and oxygen atoms in total. The third kappa shape index (κ3) is 2.69. The number of nitrogens with two attached hydrogens (primary N) is 2. The van der Waals surface area contributed by atoms with Crippen LogP contribution in [-0.4, -0.2) is 17.9 Å². The molecular weight excluding hydrogens is 320 g/mol. The van der Waals surface area contributed by atoms with Crippen LogP contribution in [0, 0.1) is 0 Å². The molecule has 22 heavy (non-hydrogen) atoms. The molecule has 0 aliphatic rings. The summed E-state index contributed by atoms with van der Waals surface area (Å²) in [5, 5.41) is 0.422. The van der Waals surface area contributed by atoms with Crippen molar-refractivity contribution in [2.45, 2.75) is 4.75 Å². The molecule has 1 atom stereocenters. The molecule has 0 aliphatic heterocycles. The lowest BCUT2D eigenvalue weighted by Gasteiger charge is -2.28. The second-order valence-electron chi connectivity index (χ2n) is 4.68. The van der Waals surface area contributed by atoms with E-state index in [4.69, 9.17) is 23.1 Å². The van der Waals surface area contributed by atoms with Crippen molar-refractivity contribution in [1.29, 1.82) is 0 Å². The van der Waals surface area contributed by atoms with Gasteiger partial charge >= 0.3 is 0 Å². The fraction of sp³-hybridized carbons (Fsp3) is 0.125. The predicted molar refractivity (Wildman–Crippen MR) is 91.0 cm³/mol. The minimum absolute atomic E-state index is 0.260. The Kier molecular flexibility index (Phi) is 4.78. The smallest absolute Gasteiger partial charge is 0.246 e. The van der Waals surface area contributed by atoms with Gasteiger partial charge in [0.1, 0.15) is 0 Å². The number of hydrogen-bond acceptors (Lipinski definition) is 4. The van der Waals surface area contributed by atoms with E-state index in [-0.39, 0.29) is 5.56 Å². The van der Waals surface area contributed by atoms with Crippen molar-refractivity contribution in [1.82, 2.24) is 0 Å². The lowest BCUT2D eigenvalue weighted by atomic mass is 9.88. The molecule has 1 amide bonds. The number of rotatable bonds is 5. The van der Waals surface area contributed by atoms with Crippen LogP contribution >= 0.6 is 23.4 Å². The molecule has 1 unspecified atom stereocenters. The molecule has 0 heterocycles. The Morgan fingerprint density at radius 1 is 1.14 bits per heavy atom. The summed E-state index contributed by atoms with van der Waals surface area (Å²) in [6.45, 7) is 0. The molecule has 0 saturated carbocycles. The predicted octanol–water partition coefficient (Wildman–Crippen LogP) is 2.85. The molecule has 114 valence electrons. The second-order valence-corrected chi connectivity index (χ2v) is 6.13. The van der Waals surface area contributed by atoms with Gasteiger partial charge in [-0.15, -0.1) is 11.8 Å². The zero-order chi connectivity index (χ0) is 16.3. The highest BCUT2D eigenvalue weighted by molar-refractivity contribution is 8.01. The summed E-state index contributed by atoms with van der Waals surface area (Å²) in [4.78, 5) is 25.2. The van der Waals surface area contributed by atoms with Crippen molar-refractivity contribution >= 4 is 40.7 Å². The lowest BCUT2D eigenvalue weighted by molar-refractivity contribution is -0.119. The van der Waals surface area contributed by atoms with Gasteiger partial charge < -0.3 is 11.5 Å². The number of carbonyl (C=O) groups excluding carboxylic acids is 2. The SMILES string of the molecule is CSC(C(N)=O)(C(=O)c1ccccc1N)c1cccc(Cl)c1. The zero-order valence-corrected chi connectivity index (χ0v) is 13.4. The highest BCUT2D eigenvalue weighted by Gasteiger charge is 2.46. The van der Waals surface area contributed by atoms with Crippen molar-refractivity contribution in [3.05, 3.63) is 64.7 Å². The van der Waals surface area contributed by atoms with Gasteiger partial charge in [0, 0.05) is 16.3 Å². The molecule has 2 aromatic carbocycles. The fourth-order valence-electron chi connectivity index (χ4n) is 2.30. The number of benzene rings is 2. The number of primary amides is 1. The van der Waals surface area contributed by atoms with Gasteiger partial charge in [-0.25, -0.2) is 0 Å². The minimum Gasteiger partial charge on any atom is -0.398 e. The molecule has 2 aromatic rings. The molecule has 6 heteroatoms. The number of para-hydroxylation sites is 1. The number of Topliss-reactive ketones (excluding diaryl/α,β-unsaturated/α-hetero) is 1. The summed E-state index contributed by atoms with van der Waals surface area (Å²) in [7, 11) is 0. The Labute approximate surface area is 137 Å². The number of halogens is 1. The zero-order valence-electron chi connectivity index (χ0n) is 11.9. The summed E-state index contributed by atoms with van der Waals surface area (Å²) in [6.07, 6.45) is 1.66. The molecule has 2 rings (SSSR count). The summed E-state index contributed by atoms with van der Waals surface area (Å²) in [5.41, 5.74) is 12.5. The van der Waals surface area contributed by atoms with Crippen LogP contribution in [0.2, 0.25) is 5.02 Å². The Hall–Kier alpha value is -1.98. The molecule has 0 radical (unpaired) electrons. The van der Waals surface area contributed by atoms with Gasteiger partial charge in [0.05, 0.1) is 0 Å². The quantitative estimate of drug-likeness (QED) is 0.500. The van der Waals surface area contributed by atoms with E-state index in [2.05, 4.69) is 0 Å². The van der Waals surface area contributed by atoms with Crippen LogP contribution in [0.1, 0.15) is 15.9 Å². The van der Waals surface area contributed by atoms with E-state index in [1.165, 1.54) is 0 Å². The maximum Gasteiger partial charge on any atom is 0.246 e. The summed E-state index contributed by atoms with van der Waals surface area (Å²) >= 11 is 7.06. The fourth-order valence-corrected chi connectivity index (χ4v) is 3.35. The Bertz CT molecular complexity index is 736. The lowest BCUT2D eigenvalue weighted by Crippen LogP contribution is -2.45. The first-order chi connectivity index (χ1) is 10.4. The molecule has 0 fully saturated rings. The van der Waals surface area contributed by atoms with Crippen molar-refractivity contribution in [2.75, 3.05) is 12.0 Å². The van der Waals surface area contributed by atoms with E-state index in [1.54, 1.807) is 54.8 Å². The second kappa shape index (κ2) is 6.42. The molecule has 0 bridgehead atoms. The maximum absolute atomic E-state index is 13.0. The number of hydrogen-bond donors (Lipinski definition) is 2. The van der Waals surface area contributed by atoms with Crippen LogP contribution in [0.5, 0.6) is 0 Å². The number of amides is 1. The Balaban J connectivity index is 2.68. The Morgan fingerprint density at radius 3 is 2.36 bits per heavy atom. The number of anilines is 1. The number of nitrogen functional groups attached to an aromatic ring is 1. The molecule has 4 N–H and O–H groups in total. The van der Waals surface area contributed by atoms with Crippen LogP contribution in [0.3, 0.4) is 0 Å². The van der Waals surface area contributed by atoms with Gasteiger partial charge in [0.15, 0.2) is 10.5 Å². The minimum atomic E-state index is -1.57. The first-order valence-corrected chi connectivity index (χ1v) is 8.04. The van der Waals surface area contributed by atoms with E-state index in [0.29, 0.717) is 16.3 Å². The van der Waals surface area contributed by atoms with Gasteiger partial charge in [0.25, 0.3) is 0 Å². The number of carbonyl (C=O) groups is 2. The standard InChI is InChI=1S/C16H15ClN2O2S/c1-22-16(15(19)21,10-5-4-6-11(17)9-10)14(20)12-7-2-3-8-13(12)18/h2-9H,18H2,1H3,(H2,19,21). The number of ketones is 1. The van der Waals surface area contributed by atoms with E-state index >= 15 is 0 Å². The van der Waals surface area contributed by atoms with E-state index in [1.807, 2.05) is 0 Å². The van der Waals surface area contributed by atoms with Gasteiger partial charge in [0.2, 0.25) is 5.91 Å². The van der Waals surface area contributed by atoms with Crippen LogP contribution in [-0.2, 0) is 9.54 Å². The Morgan fingerprint density at radius 2 is 1.82 bits per heavy atom. The van der Waals surface area contributed by atoms with Crippen molar-refractivity contribution in [2.24, 2.45) is 5.73 Å². The molecule has 0 saturated heterocycles. The third-order valence-corrected chi connectivity index (χ3v) is 4.88. The largest absolute Gasteiger partial charge is 0.398 e. The van der Waals surface area contributed by atoms with Gasteiger partial charge in [-0.05, 0) is 36.1 Å². The van der Waals surface area contributed by atoms with Gasteiger partial charge in [-0.3, -0.25) is 9.59 Å². The highest BCUT2D eigenvalue weighted by Crippen LogP contribution is 2.39. The summed E-state index contributed by atoms with van der Waals surface area (Å²) < 4.78 is -1.57. The van der Waals surface area contributed by atoms with Crippen LogP contribution in [0.25, 0.3) is 0 Å². The van der Waals surface area contributed by atoms with E-state index in [9.17, 15) is 9.59 Å². The summed E-state index contributed by atoms with van der Waals surface area (Å²) in [6, 6.07) is 13.2. The normalized spacial score (nSPS) is 13.4. The molecule has 0 aromatic heterocycles. The first kappa shape index (κ1) is 16.4. The van der Waals surface area contributed by atoms with E-state index in [0.717, 1.165) is 11.8 Å². The monoisotopic (exact) mass is 334 g/mol.